The van der Waals surface area contributed by atoms with Gasteiger partial charge in [-0.2, -0.15) is 0 Å². The summed E-state index contributed by atoms with van der Waals surface area (Å²) >= 11 is 0. The van der Waals surface area contributed by atoms with Crippen LogP contribution in [0.1, 0.15) is 0 Å². The highest BCUT2D eigenvalue weighted by Crippen LogP contribution is 2.10. The second-order valence-electron chi connectivity index (χ2n) is 3.80. The highest BCUT2D eigenvalue weighted by Gasteiger charge is 2.29. The molecule has 0 aromatic heterocycles. The molecule has 0 aromatic rings. The van der Waals surface area contributed by atoms with E-state index in [1.54, 1.807) is 11.9 Å². The molecule has 5 heteroatoms. The lowest BCUT2D eigenvalue weighted by atomic mass is 10.3. The van der Waals surface area contributed by atoms with Gasteiger partial charge in [-0.1, -0.05) is 0 Å². The van der Waals surface area contributed by atoms with E-state index in [-0.39, 0.29) is 12.2 Å². The molecule has 0 saturated carbocycles. The molecule has 0 radical (unpaired) electrons. The first-order chi connectivity index (χ1) is 6.75. The van der Waals surface area contributed by atoms with Crippen molar-refractivity contribution in [3.63, 3.8) is 0 Å². The van der Waals surface area contributed by atoms with Gasteiger partial charge < -0.3 is 14.4 Å². The summed E-state index contributed by atoms with van der Waals surface area (Å²) in [5.41, 5.74) is 0. The first kappa shape index (κ1) is 9.73. The number of nitrogens with zero attached hydrogens (tertiary/aromatic N) is 2. The number of morpholine rings is 1. The van der Waals surface area contributed by atoms with E-state index in [9.17, 15) is 4.79 Å². The Labute approximate surface area is 83.6 Å². The lowest BCUT2D eigenvalue weighted by molar-refractivity contribution is 0.0188. The predicted molar refractivity (Wildman–Crippen MR) is 50.2 cm³/mol. The first-order valence-corrected chi connectivity index (χ1v) is 4.97. The third-order valence-electron chi connectivity index (χ3n) is 2.62. The second-order valence-corrected chi connectivity index (χ2v) is 3.80. The van der Waals surface area contributed by atoms with Crippen molar-refractivity contribution in [1.29, 1.82) is 0 Å². The quantitative estimate of drug-likeness (QED) is 0.617. The van der Waals surface area contributed by atoms with Gasteiger partial charge in [0.2, 0.25) is 0 Å². The van der Waals surface area contributed by atoms with E-state index in [0.717, 1.165) is 32.8 Å². The summed E-state index contributed by atoms with van der Waals surface area (Å²) in [4.78, 5) is 15.0. The molecule has 1 unspecified atom stereocenters. The van der Waals surface area contributed by atoms with E-state index in [1.165, 1.54) is 0 Å². The number of hydrogen-bond acceptors (Lipinski definition) is 4. The van der Waals surface area contributed by atoms with E-state index < -0.39 is 0 Å². The van der Waals surface area contributed by atoms with Crippen LogP contribution in [0, 0.1) is 0 Å². The molecule has 2 heterocycles. The van der Waals surface area contributed by atoms with Crippen molar-refractivity contribution in [3.05, 3.63) is 0 Å². The minimum Gasteiger partial charge on any atom is -0.443 e. The maximum Gasteiger partial charge on any atom is 0.410 e. The number of carbonyl (C=O) groups is 1. The molecule has 5 nitrogen and oxygen atoms in total. The Bertz CT molecular complexity index is 216. The molecule has 0 spiro atoms. The van der Waals surface area contributed by atoms with Crippen LogP contribution >= 0.6 is 0 Å². The highest BCUT2D eigenvalue weighted by atomic mass is 16.6. The molecule has 80 valence electrons. The van der Waals surface area contributed by atoms with E-state index in [4.69, 9.17) is 9.47 Å². The Hall–Kier alpha value is -0.810. The van der Waals surface area contributed by atoms with Gasteiger partial charge in [-0.05, 0) is 0 Å². The number of carbonyl (C=O) groups excluding carboxylic acids is 1. The topological polar surface area (TPSA) is 42.0 Å². The van der Waals surface area contributed by atoms with Gasteiger partial charge in [-0.15, -0.1) is 0 Å². The molecular formula is C9H16N2O3. The maximum atomic E-state index is 11.1. The Balaban J connectivity index is 1.77. The smallest absolute Gasteiger partial charge is 0.410 e. The number of rotatable bonds is 2. The molecule has 2 fully saturated rings. The van der Waals surface area contributed by atoms with Gasteiger partial charge in [0.05, 0.1) is 19.8 Å². The van der Waals surface area contributed by atoms with Gasteiger partial charge in [0.1, 0.15) is 6.10 Å². The van der Waals surface area contributed by atoms with E-state index >= 15 is 0 Å². The molecular weight excluding hydrogens is 184 g/mol. The molecule has 1 amide bonds. The number of hydrogen-bond donors (Lipinski definition) is 0. The molecule has 1 atom stereocenters. The standard InChI is InChI=1S/C9H16N2O3/c1-10-6-8(14-9(10)12)7-11-2-4-13-5-3-11/h8H,2-7H2,1H3. The number of amides is 1. The van der Waals surface area contributed by atoms with Crippen LogP contribution in [0.3, 0.4) is 0 Å². The zero-order valence-corrected chi connectivity index (χ0v) is 8.44. The zero-order chi connectivity index (χ0) is 9.97. The van der Waals surface area contributed by atoms with Gasteiger partial charge in [-0.3, -0.25) is 4.90 Å². The second kappa shape index (κ2) is 4.14. The van der Waals surface area contributed by atoms with Gasteiger partial charge in [0.25, 0.3) is 0 Å². The molecule has 2 aliphatic heterocycles. The maximum absolute atomic E-state index is 11.1. The highest BCUT2D eigenvalue weighted by molar-refractivity contribution is 5.69. The lowest BCUT2D eigenvalue weighted by Crippen LogP contribution is -2.41. The summed E-state index contributed by atoms with van der Waals surface area (Å²) in [5.74, 6) is 0. The van der Waals surface area contributed by atoms with Gasteiger partial charge in [-0.25, -0.2) is 4.79 Å². The monoisotopic (exact) mass is 200 g/mol. The van der Waals surface area contributed by atoms with E-state index in [0.29, 0.717) is 6.54 Å². The van der Waals surface area contributed by atoms with Gasteiger partial charge >= 0.3 is 6.09 Å². The summed E-state index contributed by atoms with van der Waals surface area (Å²) in [6, 6.07) is 0. The Morgan fingerprint density at radius 1 is 1.43 bits per heavy atom. The first-order valence-electron chi connectivity index (χ1n) is 4.97. The van der Waals surface area contributed by atoms with Crippen LogP contribution in [-0.2, 0) is 9.47 Å². The summed E-state index contributed by atoms with van der Waals surface area (Å²) in [5, 5.41) is 0. The average molecular weight is 200 g/mol. The van der Waals surface area contributed by atoms with Gasteiger partial charge in [0.15, 0.2) is 0 Å². The van der Waals surface area contributed by atoms with E-state index in [1.807, 2.05) is 0 Å². The van der Waals surface area contributed by atoms with Crippen molar-refractivity contribution in [2.75, 3.05) is 46.4 Å². The summed E-state index contributed by atoms with van der Waals surface area (Å²) in [6.07, 6.45) is -0.172. The summed E-state index contributed by atoms with van der Waals surface area (Å²) in [6.45, 7) is 5.00. The van der Waals surface area contributed by atoms with Crippen LogP contribution < -0.4 is 0 Å². The predicted octanol–water partition coefficient (Wildman–Crippen LogP) is -0.231. The molecule has 0 aromatic carbocycles. The zero-order valence-electron chi connectivity index (χ0n) is 8.44. The van der Waals surface area contributed by atoms with Crippen LogP contribution in [0.2, 0.25) is 0 Å². The fraction of sp³-hybridized carbons (Fsp3) is 0.889. The molecule has 2 saturated heterocycles. The van der Waals surface area contributed by atoms with Crippen LogP contribution in [0.25, 0.3) is 0 Å². The largest absolute Gasteiger partial charge is 0.443 e. The van der Waals surface area contributed by atoms with Crippen molar-refractivity contribution in [2.45, 2.75) is 6.10 Å². The Kier molecular flexibility index (Phi) is 2.88. The SMILES string of the molecule is CN1CC(CN2CCOCC2)OC1=O. The molecule has 0 N–H and O–H groups in total. The van der Waals surface area contributed by atoms with E-state index in [2.05, 4.69) is 4.90 Å². The number of likely N-dealkylation sites (N-methyl/N-ethyl adjacent to an activating group) is 1. The Morgan fingerprint density at radius 2 is 2.14 bits per heavy atom. The number of ether oxygens (including phenoxy) is 2. The van der Waals surface area contributed by atoms with Crippen LogP contribution in [0.15, 0.2) is 0 Å². The average Bonchev–Trinajstić information content (AvgIpc) is 2.47. The third kappa shape index (κ3) is 2.16. The summed E-state index contributed by atoms with van der Waals surface area (Å²) in [7, 11) is 1.77. The van der Waals surface area contributed by atoms with Crippen LogP contribution in [0.4, 0.5) is 4.79 Å². The van der Waals surface area contributed by atoms with Crippen molar-refractivity contribution in [2.24, 2.45) is 0 Å². The Morgan fingerprint density at radius 3 is 2.71 bits per heavy atom. The summed E-state index contributed by atoms with van der Waals surface area (Å²) < 4.78 is 10.4. The fourth-order valence-corrected chi connectivity index (χ4v) is 1.82. The fourth-order valence-electron chi connectivity index (χ4n) is 1.82. The van der Waals surface area contributed by atoms with Crippen LogP contribution in [-0.4, -0.2) is 68.4 Å². The lowest BCUT2D eigenvalue weighted by Gasteiger charge is -2.27. The third-order valence-corrected chi connectivity index (χ3v) is 2.62. The minimum absolute atomic E-state index is 0.0330. The van der Waals surface area contributed by atoms with Crippen molar-refractivity contribution >= 4 is 6.09 Å². The minimum atomic E-state index is -0.205. The van der Waals surface area contributed by atoms with Gasteiger partial charge in [0, 0.05) is 26.7 Å². The van der Waals surface area contributed by atoms with Crippen molar-refractivity contribution < 1.29 is 14.3 Å². The molecule has 0 aliphatic carbocycles. The molecule has 0 bridgehead atoms. The van der Waals surface area contributed by atoms with Crippen LogP contribution in [0.5, 0.6) is 0 Å². The molecule has 14 heavy (non-hydrogen) atoms. The number of cyclic esters (lactones) is 1. The normalized spacial score (nSPS) is 29.4. The van der Waals surface area contributed by atoms with Crippen molar-refractivity contribution in [3.8, 4) is 0 Å². The van der Waals surface area contributed by atoms with Crippen molar-refractivity contribution in [1.82, 2.24) is 9.80 Å². The molecule has 2 aliphatic rings. The molecule has 2 rings (SSSR count).